The second-order valence-corrected chi connectivity index (χ2v) is 5.32. The number of anilines is 1. The predicted octanol–water partition coefficient (Wildman–Crippen LogP) is 2.33. The fourth-order valence-electron chi connectivity index (χ4n) is 2.71. The second-order valence-electron chi connectivity index (χ2n) is 5.32. The van der Waals surface area contributed by atoms with Crippen molar-refractivity contribution in [3.05, 3.63) is 35.9 Å². The Bertz CT molecular complexity index is 639. The van der Waals surface area contributed by atoms with E-state index in [1.807, 2.05) is 18.2 Å². The van der Waals surface area contributed by atoms with E-state index < -0.39 is 5.97 Å². The van der Waals surface area contributed by atoms with Crippen LogP contribution in [0.2, 0.25) is 0 Å². The largest absolute Gasteiger partial charge is 0.477 e. The number of nitrogens with one attached hydrogen (secondary N) is 1. The molecule has 0 spiro atoms. The molecule has 1 saturated carbocycles. The van der Waals surface area contributed by atoms with Crippen LogP contribution in [-0.2, 0) is 0 Å². The SMILES string of the molecule is N[C@@H]1CC[C@@H](Nc2noc(-c3ccccc3)c2C(=O)O)C1. The zero-order chi connectivity index (χ0) is 14.8. The van der Waals surface area contributed by atoms with Crippen molar-refractivity contribution in [3.8, 4) is 11.3 Å². The summed E-state index contributed by atoms with van der Waals surface area (Å²) in [5.41, 5.74) is 6.64. The number of aromatic carboxylic acids is 1. The highest BCUT2D eigenvalue weighted by atomic mass is 16.5. The Morgan fingerprint density at radius 3 is 2.71 bits per heavy atom. The van der Waals surface area contributed by atoms with Gasteiger partial charge in [0.15, 0.2) is 17.1 Å². The average Bonchev–Trinajstić information content (AvgIpc) is 3.07. The number of carboxylic acid groups (broad SMARTS) is 1. The van der Waals surface area contributed by atoms with E-state index in [9.17, 15) is 9.90 Å². The number of hydrogen-bond acceptors (Lipinski definition) is 5. The summed E-state index contributed by atoms with van der Waals surface area (Å²) in [7, 11) is 0. The molecule has 1 heterocycles. The summed E-state index contributed by atoms with van der Waals surface area (Å²) in [6.45, 7) is 0. The minimum absolute atomic E-state index is 0.0710. The lowest BCUT2D eigenvalue weighted by atomic mass is 10.1. The van der Waals surface area contributed by atoms with Crippen LogP contribution in [0.3, 0.4) is 0 Å². The molecule has 0 saturated heterocycles. The number of rotatable bonds is 4. The van der Waals surface area contributed by atoms with Crippen LogP contribution in [0.15, 0.2) is 34.9 Å². The minimum Gasteiger partial charge on any atom is -0.477 e. The molecule has 1 aliphatic rings. The molecule has 0 unspecified atom stereocenters. The molecule has 2 atom stereocenters. The molecule has 0 bridgehead atoms. The maximum Gasteiger partial charge on any atom is 0.343 e. The minimum atomic E-state index is -1.06. The highest BCUT2D eigenvalue weighted by molar-refractivity contribution is 5.99. The van der Waals surface area contributed by atoms with Crippen LogP contribution in [0.4, 0.5) is 5.82 Å². The van der Waals surface area contributed by atoms with Gasteiger partial charge in [-0.3, -0.25) is 0 Å². The van der Waals surface area contributed by atoms with Crippen LogP contribution in [0.1, 0.15) is 29.6 Å². The lowest BCUT2D eigenvalue weighted by Crippen LogP contribution is -2.21. The molecule has 3 rings (SSSR count). The van der Waals surface area contributed by atoms with Gasteiger partial charge in [-0.1, -0.05) is 35.5 Å². The maximum atomic E-state index is 11.6. The Morgan fingerprint density at radius 2 is 2.10 bits per heavy atom. The van der Waals surface area contributed by atoms with Gasteiger partial charge in [0.05, 0.1) is 0 Å². The van der Waals surface area contributed by atoms with Crippen molar-refractivity contribution >= 4 is 11.8 Å². The molecule has 1 aliphatic carbocycles. The second kappa shape index (κ2) is 5.57. The van der Waals surface area contributed by atoms with Gasteiger partial charge in [0, 0.05) is 17.6 Å². The Balaban J connectivity index is 1.91. The molecule has 0 aliphatic heterocycles. The topological polar surface area (TPSA) is 101 Å². The van der Waals surface area contributed by atoms with Crippen LogP contribution in [0.25, 0.3) is 11.3 Å². The van der Waals surface area contributed by atoms with Gasteiger partial charge < -0.3 is 20.7 Å². The number of carboxylic acids is 1. The third-order valence-electron chi connectivity index (χ3n) is 3.76. The molecular weight excluding hydrogens is 270 g/mol. The van der Waals surface area contributed by atoms with Crippen molar-refractivity contribution in [1.82, 2.24) is 5.16 Å². The lowest BCUT2D eigenvalue weighted by molar-refractivity contribution is 0.0698. The summed E-state index contributed by atoms with van der Waals surface area (Å²) < 4.78 is 5.26. The number of aromatic nitrogens is 1. The van der Waals surface area contributed by atoms with Crippen molar-refractivity contribution in [2.24, 2.45) is 5.73 Å². The molecule has 1 aromatic heterocycles. The van der Waals surface area contributed by atoms with E-state index in [1.54, 1.807) is 12.1 Å². The van der Waals surface area contributed by atoms with Crippen molar-refractivity contribution in [2.75, 3.05) is 5.32 Å². The van der Waals surface area contributed by atoms with E-state index in [-0.39, 0.29) is 29.2 Å². The van der Waals surface area contributed by atoms with Gasteiger partial charge in [-0.25, -0.2) is 4.79 Å². The van der Waals surface area contributed by atoms with Gasteiger partial charge in [0.25, 0.3) is 0 Å². The zero-order valence-electron chi connectivity index (χ0n) is 11.5. The first-order valence-electron chi connectivity index (χ1n) is 6.95. The maximum absolute atomic E-state index is 11.6. The quantitative estimate of drug-likeness (QED) is 0.797. The molecule has 0 amide bonds. The summed E-state index contributed by atoms with van der Waals surface area (Å²) >= 11 is 0. The Kier molecular flexibility index (Phi) is 3.62. The molecule has 0 radical (unpaired) electrons. The van der Waals surface area contributed by atoms with E-state index in [2.05, 4.69) is 10.5 Å². The van der Waals surface area contributed by atoms with Gasteiger partial charge in [-0.05, 0) is 19.3 Å². The van der Waals surface area contributed by atoms with Gasteiger partial charge >= 0.3 is 5.97 Å². The molecular formula is C15H17N3O3. The smallest absolute Gasteiger partial charge is 0.343 e. The van der Waals surface area contributed by atoms with Crippen molar-refractivity contribution < 1.29 is 14.4 Å². The monoisotopic (exact) mass is 287 g/mol. The van der Waals surface area contributed by atoms with E-state index in [0.717, 1.165) is 19.3 Å². The van der Waals surface area contributed by atoms with Crippen LogP contribution >= 0.6 is 0 Å². The van der Waals surface area contributed by atoms with Crippen LogP contribution in [-0.4, -0.2) is 28.3 Å². The lowest BCUT2D eigenvalue weighted by Gasteiger charge is -2.11. The van der Waals surface area contributed by atoms with Crippen molar-refractivity contribution in [1.29, 1.82) is 0 Å². The molecule has 6 heteroatoms. The fourth-order valence-corrected chi connectivity index (χ4v) is 2.71. The molecule has 6 nitrogen and oxygen atoms in total. The van der Waals surface area contributed by atoms with E-state index >= 15 is 0 Å². The first-order chi connectivity index (χ1) is 10.1. The van der Waals surface area contributed by atoms with Gasteiger partial charge in [0.1, 0.15) is 0 Å². The number of hydrogen-bond donors (Lipinski definition) is 3. The normalized spacial score (nSPS) is 21.4. The van der Waals surface area contributed by atoms with Gasteiger partial charge in [0.2, 0.25) is 0 Å². The molecule has 110 valence electrons. The van der Waals surface area contributed by atoms with Crippen LogP contribution < -0.4 is 11.1 Å². The van der Waals surface area contributed by atoms with Gasteiger partial charge in [-0.2, -0.15) is 0 Å². The highest BCUT2D eigenvalue weighted by Gasteiger charge is 2.28. The van der Waals surface area contributed by atoms with Crippen molar-refractivity contribution in [2.45, 2.75) is 31.3 Å². The van der Waals surface area contributed by atoms with Crippen LogP contribution in [0.5, 0.6) is 0 Å². The molecule has 2 aromatic rings. The average molecular weight is 287 g/mol. The number of carbonyl (C=O) groups is 1. The number of benzene rings is 1. The molecule has 1 aromatic carbocycles. The summed E-state index contributed by atoms with van der Waals surface area (Å²) in [4.78, 5) is 11.6. The van der Waals surface area contributed by atoms with E-state index in [0.29, 0.717) is 5.56 Å². The third-order valence-corrected chi connectivity index (χ3v) is 3.76. The summed E-state index contributed by atoms with van der Waals surface area (Å²) in [5.74, 6) is -0.506. The number of nitrogens with two attached hydrogens (primary N) is 1. The number of nitrogens with zero attached hydrogens (tertiary/aromatic N) is 1. The van der Waals surface area contributed by atoms with E-state index in [1.165, 1.54) is 0 Å². The standard InChI is InChI=1S/C15H17N3O3/c16-10-6-7-11(8-10)17-14-12(15(19)20)13(21-18-14)9-4-2-1-3-5-9/h1-5,10-11H,6-8,16H2,(H,17,18)(H,19,20)/t10-,11-/m1/s1. The molecule has 4 N–H and O–H groups in total. The molecule has 1 fully saturated rings. The zero-order valence-corrected chi connectivity index (χ0v) is 11.5. The fraction of sp³-hybridized carbons (Fsp3) is 0.333. The van der Waals surface area contributed by atoms with Crippen LogP contribution in [0, 0.1) is 0 Å². The Labute approximate surface area is 121 Å². The summed E-state index contributed by atoms with van der Waals surface area (Å²) in [6, 6.07) is 9.41. The third kappa shape index (κ3) is 2.75. The van der Waals surface area contributed by atoms with Gasteiger partial charge in [-0.15, -0.1) is 0 Å². The van der Waals surface area contributed by atoms with Crippen molar-refractivity contribution in [3.63, 3.8) is 0 Å². The Morgan fingerprint density at radius 1 is 1.33 bits per heavy atom. The summed E-state index contributed by atoms with van der Waals surface area (Å²) in [5, 5.41) is 16.5. The summed E-state index contributed by atoms with van der Waals surface area (Å²) in [6.07, 6.45) is 2.66. The highest BCUT2D eigenvalue weighted by Crippen LogP contribution is 2.31. The van der Waals surface area contributed by atoms with E-state index in [4.69, 9.17) is 10.3 Å². The first-order valence-corrected chi connectivity index (χ1v) is 6.95. The Hall–Kier alpha value is -2.34. The predicted molar refractivity (Wildman–Crippen MR) is 78.1 cm³/mol. The molecule has 21 heavy (non-hydrogen) atoms. The first kappa shape index (κ1) is 13.6.